The largest absolute Gasteiger partial charge is 0.493 e. The number of halogens is 1. The summed E-state index contributed by atoms with van der Waals surface area (Å²) in [6.07, 6.45) is 1.78. The number of methoxy groups -OCH3 is 2. The predicted molar refractivity (Wildman–Crippen MR) is 102 cm³/mol. The Labute approximate surface area is 154 Å². The summed E-state index contributed by atoms with van der Waals surface area (Å²) < 4.78 is 10.5. The molecule has 1 aliphatic rings. The van der Waals surface area contributed by atoms with Gasteiger partial charge in [-0.3, -0.25) is 4.79 Å². The van der Waals surface area contributed by atoms with Crippen LogP contribution in [-0.4, -0.2) is 25.3 Å². The van der Waals surface area contributed by atoms with Gasteiger partial charge in [-0.05, 0) is 59.8 Å². The van der Waals surface area contributed by atoms with E-state index in [1.165, 1.54) is 11.8 Å². The van der Waals surface area contributed by atoms with Gasteiger partial charge in [0.25, 0.3) is 5.91 Å². The van der Waals surface area contributed by atoms with Crippen molar-refractivity contribution in [2.24, 2.45) is 4.99 Å². The van der Waals surface area contributed by atoms with Crippen LogP contribution in [-0.2, 0) is 4.79 Å². The van der Waals surface area contributed by atoms with Crippen LogP contribution in [0.4, 0.5) is 5.69 Å². The maximum atomic E-state index is 12.2. The number of amidine groups is 1. The van der Waals surface area contributed by atoms with Crippen LogP contribution < -0.4 is 14.8 Å². The molecule has 1 aliphatic heterocycles. The van der Waals surface area contributed by atoms with E-state index in [-0.39, 0.29) is 5.91 Å². The molecule has 128 valence electrons. The minimum Gasteiger partial charge on any atom is -0.493 e. The summed E-state index contributed by atoms with van der Waals surface area (Å²) in [5.41, 5.74) is 1.56. The molecule has 0 saturated carbocycles. The fourth-order valence-corrected chi connectivity index (χ4v) is 3.18. The van der Waals surface area contributed by atoms with Gasteiger partial charge in [0.05, 0.1) is 24.8 Å². The molecular weight excluding hydrogens is 360 g/mol. The van der Waals surface area contributed by atoms with Gasteiger partial charge in [-0.15, -0.1) is 0 Å². The fraction of sp³-hybridized carbons (Fsp3) is 0.111. The van der Waals surface area contributed by atoms with Crippen LogP contribution in [0.1, 0.15) is 5.56 Å². The number of thioether (sulfide) groups is 1. The van der Waals surface area contributed by atoms with E-state index >= 15 is 0 Å². The molecule has 0 aromatic heterocycles. The minimum absolute atomic E-state index is 0.188. The molecule has 0 bridgehead atoms. The lowest BCUT2D eigenvalue weighted by atomic mass is 10.2. The van der Waals surface area contributed by atoms with Gasteiger partial charge < -0.3 is 14.8 Å². The van der Waals surface area contributed by atoms with Crippen LogP contribution in [0.25, 0.3) is 6.08 Å². The van der Waals surface area contributed by atoms with Gasteiger partial charge in [0.1, 0.15) is 0 Å². The zero-order valence-corrected chi connectivity index (χ0v) is 15.1. The van der Waals surface area contributed by atoms with Crippen molar-refractivity contribution in [3.8, 4) is 11.5 Å². The summed E-state index contributed by atoms with van der Waals surface area (Å²) in [5.74, 6) is 1.06. The second-order valence-corrected chi connectivity index (χ2v) is 6.54. The zero-order chi connectivity index (χ0) is 17.8. The lowest BCUT2D eigenvalue weighted by Gasteiger charge is -2.07. The lowest BCUT2D eigenvalue weighted by molar-refractivity contribution is -0.115. The van der Waals surface area contributed by atoms with E-state index in [0.717, 1.165) is 11.3 Å². The van der Waals surface area contributed by atoms with E-state index in [1.54, 1.807) is 50.6 Å². The molecule has 1 N–H and O–H groups in total. The maximum Gasteiger partial charge on any atom is 0.264 e. The van der Waals surface area contributed by atoms with Gasteiger partial charge in [-0.25, -0.2) is 4.99 Å². The molecule has 2 aromatic carbocycles. The first kappa shape index (κ1) is 17.4. The van der Waals surface area contributed by atoms with Crippen molar-refractivity contribution in [2.45, 2.75) is 0 Å². The normalized spacial score (nSPS) is 17.0. The molecule has 1 saturated heterocycles. The van der Waals surface area contributed by atoms with Crippen LogP contribution in [0.2, 0.25) is 5.02 Å². The Morgan fingerprint density at radius 3 is 2.48 bits per heavy atom. The molecule has 25 heavy (non-hydrogen) atoms. The SMILES string of the molecule is COc1ccc(C=C2SC(=Nc3ccc(Cl)cc3)NC2=O)cc1OC. The van der Waals surface area contributed by atoms with E-state index < -0.39 is 0 Å². The van der Waals surface area contributed by atoms with Crippen LogP contribution in [0.3, 0.4) is 0 Å². The third kappa shape index (κ3) is 4.15. The summed E-state index contributed by atoms with van der Waals surface area (Å²) in [6.45, 7) is 0. The highest BCUT2D eigenvalue weighted by Gasteiger charge is 2.23. The van der Waals surface area contributed by atoms with E-state index in [9.17, 15) is 4.79 Å². The standard InChI is InChI=1S/C18H15ClN2O3S/c1-23-14-8-3-11(9-15(14)24-2)10-16-17(22)21-18(25-16)20-13-6-4-12(19)5-7-13/h3-10H,1-2H3,(H,20,21,22). The van der Waals surface area contributed by atoms with Gasteiger partial charge >= 0.3 is 0 Å². The summed E-state index contributed by atoms with van der Waals surface area (Å²) in [6, 6.07) is 12.6. The lowest BCUT2D eigenvalue weighted by Crippen LogP contribution is -2.19. The van der Waals surface area contributed by atoms with Crippen molar-refractivity contribution in [3.05, 3.63) is 58.0 Å². The molecule has 3 rings (SSSR count). The zero-order valence-electron chi connectivity index (χ0n) is 13.6. The van der Waals surface area contributed by atoms with Gasteiger partial charge in [-0.2, -0.15) is 0 Å². The van der Waals surface area contributed by atoms with Gasteiger partial charge in [0.2, 0.25) is 0 Å². The van der Waals surface area contributed by atoms with E-state index in [0.29, 0.717) is 26.6 Å². The van der Waals surface area contributed by atoms with Gasteiger partial charge in [0.15, 0.2) is 16.7 Å². The molecule has 7 heteroatoms. The number of aliphatic imine (C=N–C) groups is 1. The summed E-state index contributed by atoms with van der Waals surface area (Å²) in [7, 11) is 3.15. The average Bonchev–Trinajstić information content (AvgIpc) is 2.96. The number of rotatable bonds is 4. The first-order valence-corrected chi connectivity index (χ1v) is 8.55. The predicted octanol–water partition coefficient (Wildman–Crippen LogP) is 4.25. The Kier molecular flexibility index (Phi) is 5.31. The minimum atomic E-state index is -0.188. The number of nitrogens with one attached hydrogen (secondary N) is 1. The number of ether oxygens (including phenoxy) is 2. The Hall–Kier alpha value is -2.44. The topological polar surface area (TPSA) is 59.9 Å². The molecule has 1 heterocycles. The molecule has 0 atom stereocenters. The second kappa shape index (κ2) is 7.63. The molecule has 0 spiro atoms. The molecule has 2 aromatic rings. The summed E-state index contributed by atoms with van der Waals surface area (Å²) in [5, 5.41) is 3.92. The number of carbonyl (C=O) groups is 1. The summed E-state index contributed by atoms with van der Waals surface area (Å²) >= 11 is 7.14. The first-order chi connectivity index (χ1) is 12.1. The quantitative estimate of drug-likeness (QED) is 0.813. The number of benzene rings is 2. The van der Waals surface area contributed by atoms with Crippen molar-refractivity contribution in [1.82, 2.24) is 5.32 Å². The Bertz CT molecular complexity index is 863. The summed E-state index contributed by atoms with van der Waals surface area (Å²) in [4.78, 5) is 17.1. The number of hydrogen-bond acceptors (Lipinski definition) is 5. The Morgan fingerprint density at radius 2 is 1.80 bits per heavy atom. The second-order valence-electron chi connectivity index (χ2n) is 5.07. The molecule has 5 nitrogen and oxygen atoms in total. The van der Waals surface area contributed by atoms with Gasteiger partial charge in [-0.1, -0.05) is 17.7 Å². The van der Waals surface area contributed by atoms with Crippen LogP contribution >= 0.6 is 23.4 Å². The molecule has 0 unspecified atom stereocenters. The van der Waals surface area contributed by atoms with Crippen molar-refractivity contribution in [1.29, 1.82) is 0 Å². The molecule has 0 aliphatic carbocycles. The monoisotopic (exact) mass is 374 g/mol. The smallest absolute Gasteiger partial charge is 0.264 e. The van der Waals surface area contributed by atoms with Crippen molar-refractivity contribution >= 4 is 46.2 Å². The van der Waals surface area contributed by atoms with Crippen LogP contribution in [0, 0.1) is 0 Å². The third-order valence-electron chi connectivity index (χ3n) is 3.41. The maximum absolute atomic E-state index is 12.2. The van der Waals surface area contributed by atoms with Crippen molar-refractivity contribution in [3.63, 3.8) is 0 Å². The highest BCUT2D eigenvalue weighted by Crippen LogP contribution is 2.32. The van der Waals surface area contributed by atoms with Gasteiger partial charge in [0, 0.05) is 5.02 Å². The van der Waals surface area contributed by atoms with Crippen molar-refractivity contribution < 1.29 is 14.3 Å². The molecule has 1 amide bonds. The highest BCUT2D eigenvalue weighted by molar-refractivity contribution is 8.18. The molecule has 1 fully saturated rings. The van der Waals surface area contributed by atoms with E-state index in [4.69, 9.17) is 21.1 Å². The molecular formula is C18H15ClN2O3S. The van der Waals surface area contributed by atoms with Crippen LogP contribution in [0.5, 0.6) is 11.5 Å². The number of hydrogen-bond donors (Lipinski definition) is 1. The van der Waals surface area contributed by atoms with Crippen LogP contribution in [0.15, 0.2) is 52.4 Å². The highest BCUT2D eigenvalue weighted by atomic mass is 35.5. The van der Waals surface area contributed by atoms with E-state index in [1.807, 2.05) is 12.1 Å². The number of nitrogens with zero attached hydrogens (tertiary/aromatic N) is 1. The van der Waals surface area contributed by atoms with E-state index in [2.05, 4.69) is 10.3 Å². The Morgan fingerprint density at radius 1 is 1.08 bits per heavy atom. The Balaban J connectivity index is 1.83. The average molecular weight is 375 g/mol. The van der Waals surface area contributed by atoms with Crippen molar-refractivity contribution in [2.75, 3.05) is 14.2 Å². The third-order valence-corrected chi connectivity index (χ3v) is 4.58. The first-order valence-electron chi connectivity index (χ1n) is 7.36. The number of carbonyl (C=O) groups excluding carboxylic acids is 1. The molecule has 0 radical (unpaired) electrons. The number of amides is 1. The fourth-order valence-electron chi connectivity index (χ4n) is 2.21.